The number of hydrogen-bond acceptors (Lipinski definition) is 3. The van der Waals surface area contributed by atoms with Crippen molar-refractivity contribution in [3.05, 3.63) is 22.4 Å². The fraction of sp³-hybridized carbons (Fsp3) is 0.615. The topological polar surface area (TPSA) is 32.3 Å². The van der Waals surface area contributed by atoms with Crippen LogP contribution in [0.3, 0.4) is 0 Å². The van der Waals surface area contributed by atoms with Crippen LogP contribution in [0.25, 0.3) is 0 Å². The highest BCUT2D eigenvalue weighted by molar-refractivity contribution is 7.09. The van der Waals surface area contributed by atoms with Crippen LogP contribution in [0.5, 0.6) is 0 Å². The molecule has 1 heterocycles. The number of thiophene rings is 1. The first kappa shape index (κ1) is 14.2. The fourth-order valence-corrected chi connectivity index (χ4v) is 2.21. The third-order valence-electron chi connectivity index (χ3n) is 2.59. The van der Waals surface area contributed by atoms with Crippen LogP contribution in [0.1, 0.15) is 25.1 Å². The highest BCUT2D eigenvalue weighted by Crippen LogP contribution is 2.09. The molecule has 1 amide bonds. The molecule has 96 valence electrons. The summed E-state index contributed by atoms with van der Waals surface area (Å²) in [6.07, 6.45) is 1.54. The van der Waals surface area contributed by atoms with E-state index in [1.807, 2.05) is 18.0 Å². The molecule has 1 aromatic rings. The maximum Gasteiger partial charge on any atom is 0.223 e. The number of nitrogens with one attached hydrogen (secondary N) is 1. The second-order valence-electron chi connectivity index (χ2n) is 4.50. The lowest BCUT2D eigenvalue weighted by molar-refractivity contribution is -0.129. The summed E-state index contributed by atoms with van der Waals surface area (Å²) in [5.74, 6) is 0.217. The Bertz CT molecular complexity index is 322. The molecule has 0 saturated carbocycles. The minimum Gasteiger partial charge on any atom is -0.345 e. The molecule has 0 fully saturated rings. The van der Waals surface area contributed by atoms with E-state index in [-0.39, 0.29) is 5.91 Å². The molecular formula is C13H22N2OS. The first-order chi connectivity index (χ1) is 8.09. The summed E-state index contributed by atoms with van der Waals surface area (Å²) < 4.78 is 0. The van der Waals surface area contributed by atoms with Gasteiger partial charge >= 0.3 is 0 Å². The number of rotatable bonds is 7. The summed E-state index contributed by atoms with van der Waals surface area (Å²) in [7, 11) is 1.88. The number of likely N-dealkylation sites (N-methyl/N-ethyl adjacent to an activating group) is 1. The van der Waals surface area contributed by atoms with Gasteiger partial charge in [-0.2, -0.15) is 0 Å². The molecule has 4 heteroatoms. The lowest BCUT2D eigenvalue weighted by atomic mass is 10.3. The highest BCUT2D eigenvalue weighted by Gasteiger charge is 2.08. The van der Waals surface area contributed by atoms with E-state index in [1.165, 1.54) is 4.88 Å². The van der Waals surface area contributed by atoms with E-state index in [0.717, 1.165) is 19.5 Å². The zero-order chi connectivity index (χ0) is 12.7. The summed E-state index contributed by atoms with van der Waals surface area (Å²) in [6.45, 7) is 5.75. The Balaban J connectivity index is 2.18. The monoisotopic (exact) mass is 254 g/mol. The van der Waals surface area contributed by atoms with Gasteiger partial charge in [-0.1, -0.05) is 19.9 Å². The molecule has 0 radical (unpaired) electrons. The van der Waals surface area contributed by atoms with Crippen LogP contribution in [-0.4, -0.2) is 37.0 Å². The molecule has 1 N–H and O–H groups in total. The van der Waals surface area contributed by atoms with Gasteiger partial charge in [-0.25, -0.2) is 0 Å². The van der Waals surface area contributed by atoms with Crippen molar-refractivity contribution in [3.8, 4) is 0 Å². The van der Waals surface area contributed by atoms with Gasteiger partial charge in [0.15, 0.2) is 0 Å². The zero-order valence-corrected chi connectivity index (χ0v) is 11.7. The standard InChI is InChI=1S/C13H22N2OS/c1-11(2)14-8-6-13(16)15(3)9-7-12-5-4-10-17-12/h4-5,10-11,14H,6-9H2,1-3H3. The van der Waals surface area contributed by atoms with Crippen LogP contribution in [0.4, 0.5) is 0 Å². The van der Waals surface area contributed by atoms with Gasteiger partial charge in [0.05, 0.1) is 0 Å². The predicted molar refractivity (Wildman–Crippen MR) is 73.4 cm³/mol. The molecule has 0 aromatic carbocycles. The zero-order valence-electron chi connectivity index (χ0n) is 10.9. The Morgan fingerprint density at radius 2 is 2.29 bits per heavy atom. The molecule has 0 spiro atoms. The van der Waals surface area contributed by atoms with E-state index >= 15 is 0 Å². The van der Waals surface area contributed by atoms with Crippen molar-refractivity contribution < 1.29 is 4.79 Å². The molecule has 3 nitrogen and oxygen atoms in total. The second-order valence-corrected chi connectivity index (χ2v) is 5.54. The van der Waals surface area contributed by atoms with Crippen LogP contribution in [0.15, 0.2) is 17.5 Å². The molecule has 0 bridgehead atoms. The van der Waals surface area contributed by atoms with Gasteiger partial charge < -0.3 is 10.2 Å². The summed E-state index contributed by atoms with van der Waals surface area (Å²) in [6, 6.07) is 4.61. The van der Waals surface area contributed by atoms with Gasteiger partial charge in [-0.3, -0.25) is 4.79 Å². The number of carbonyl (C=O) groups excluding carboxylic acids is 1. The van der Waals surface area contributed by atoms with Crippen LogP contribution in [-0.2, 0) is 11.2 Å². The van der Waals surface area contributed by atoms with E-state index in [1.54, 1.807) is 11.3 Å². The van der Waals surface area contributed by atoms with Crippen LogP contribution in [0.2, 0.25) is 0 Å². The van der Waals surface area contributed by atoms with Crippen LogP contribution >= 0.6 is 11.3 Å². The van der Waals surface area contributed by atoms with E-state index in [0.29, 0.717) is 12.5 Å². The Morgan fingerprint density at radius 1 is 1.53 bits per heavy atom. The molecule has 0 aliphatic heterocycles. The molecule has 0 unspecified atom stereocenters. The lowest BCUT2D eigenvalue weighted by Gasteiger charge is -2.17. The quantitative estimate of drug-likeness (QED) is 0.808. The average Bonchev–Trinajstić information content (AvgIpc) is 2.78. The van der Waals surface area contributed by atoms with Gasteiger partial charge in [0, 0.05) is 37.5 Å². The summed E-state index contributed by atoms with van der Waals surface area (Å²) >= 11 is 1.75. The largest absolute Gasteiger partial charge is 0.345 e. The van der Waals surface area contributed by atoms with Crippen LogP contribution in [0, 0.1) is 0 Å². The predicted octanol–water partition coefficient (Wildman–Crippen LogP) is 2.14. The van der Waals surface area contributed by atoms with Gasteiger partial charge in [0.2, 0.25) is 5.91 Å². The van der Waals surface area contributed by atoms with Crippen molar-refractivity contribution in [2.24, 2.45) is 0 Å². The molecular weight excluding hydrogens is 232 g/mol. The minimum absolute atomic E-state index is 0.217. The average molecular weight is 254 g/mol. The first-order valence-corrected chi connectivity index (χ1v) is 6.97. The van der Waals surface area contributed by atoms with Crippen molar-refractivity contribution in [2.75, 3.05) is 20.1 Å². The Hall–Kier alpha value is -0.870. The summed E-state index contributed by atoms with van der Waals surface area (Å²) in [5.41, 5.74) is 0. The van der Waals surface area contributed by atoms with E-state index in [4.69, 9.17) is 0 Å². The molecule has 0 aliphatic rings. The third kappa shape index (κ3) is 5.84. The van der Waals surface area contributed by atoms with Gasteiger partial charge in [-0.05, 0) is 17.9 Å². The van der Waals surface area contributed by atoms with Crippen molar-refractivity contribution in [1.82, 2.24) is 10.2 Å². The number of hydrogen-bond donors (Lipinski definition) is 1. The van der Waals surface area contributed by atoms with E-state index < -0.39 is 0 Å². The molecule has 0 atom stereocenters. The Morgan fingerprint density at radius 3 is 2.88 bits per heavy atom. The molecule has 1 rings (SSSR count). The molecule has 0 aliphatic carbocycles. The Kier molecular flexibility index (Phi) is 6.22. The first-order valence-electron chi connectivity index (χ1n) is 6.09. The maximum absolute atomic E-state index is 11.8. The van der Waals surface area contributed by atoms with Crippen LogP contribution < -0.4 is 5.32 Å². The second kappa shape index (κ2) is 7.45. The van der Waals surface area contributed by atoms with Crippen molar-refractivity contribution in [3.63, 3.8) is 0 Å². The minimum atomic E-state index is 0.217. The van der Waals surface area contributed by atoms with E-state index in [9.17, 15) is 4.79 Å². The molecule has 0 saturated heterocycles. The van der Waals surface area contributed by atoms with Gasteiger partial charge in [-0.15, -0.1) is 11.3 Å². The third-order valence-corrected chi connectivity index (χ3v) is 3.53. The van der Waals surface area contributed by atoms with Crippen molar-refractivity contribution in [2.45, 2.75) is 32.7 Å². The van der Waals surface area contributed by atoms with Gasteiger partial charge in [0.25, 0.3) is 0 Å². The van der Waals surface area contributed by atoms with Crippen molar-refractivity contribution >= 4 is 17.2 Å². The normalized spacial score (nSPS) is 10.8. The highest BCUT2D eigenvalue weighted by atomic mass is 32.1. The number of amides is 1. The van der Waals surface area contributed by atoms with Crippen molar-refractivity contribution in [1.29, 1.82) is 0 Å². The van der Waals surface area contributed by atoms with E-state index in [2.05, 4.69) is 30.6 Å². The SMILES string of the molecule is CC(C)NCCC(=O)N(C)CCc1cccs1. The summed E-state index contributed by atoms with van der Waals surface area (Å²) in [5, 5.41) is 5.33. The fourth-order valence-electron chi connectivity index (χ4n) is 1.52. The number of carbonyl (C=O) groups is 1. The Labute approximate surface area is 108 Å². The number of nitrogens with zero attached hydrogens (tertiary/aromatic N) is 1. The molecule has 17 heavy (non-hydrogen) atoms. The smallest absolute Gasteiger partial charge is 0.223 e. The summed E-state index contributed by atoms with van der Waals surface area (Å²) in [4.78, 5) is 14.9. The maximum atomic E-state index is 11.8. The van der Waals surface area contributed by atoms with Gasteiger partial charge in [0.1, 0.15) is 0 Å². The lowest BCUT2D eigenvalue weighted by Crippen LogP contribution is -2.33. The molecule has 1 aromatic heterocycles.